The van der Waals surface area contributed by atoms with E-state index >= 15 is 0 Å². The van der Waals surface area contributed by atoms with Gasteiger partial charge >= 0.3 is 0 Å². The first kappa shape index (κ1) is 27.8. The number of methoxy groups -OCH3 is 2. The van der Waals surface area contributed by atoms with Gasteiger partial charge in [-0.05, 0) is 104 Å². The molecular formula is C33H44N2O3. The van der Waals surface area contributed by atoms with Crippen LogP contribution < -0.4 is 19.5 Å². The third-order valence-electron chi connectivity index (χ3n) is 7.79. The van der Waals surface area contributed by atoms with Crippen LogP contribution in [-0.2, 0) is 19.3 Å². The molecule has 0 saturated carbocycles. The summed E-state index contributed by atoms with van der Waals surface area (Å²) < 4.78 is 16.9. The average Bonchev–Trinajstić information content (AvgIpc) is 2.97. The molecule has 0 spiro atoms. The first-order valence-electron chi connectivity index (χ1n) is 14.1. The van der Waals surface area contributed by atoms with Crippen LogP contribution in [0.1, 0.15) is 54.9 Å². The van der Waals surface area contributed by atoms with Gasteiger partial charge in [0.15, 0.2) is 0 Å². The fourth-order valence-electron chi connectivity index (χ4n) is 5.40. The standard InChI is InChI=1S/C33H44N2O3/c1-5-35(6-2)20-21-38-29-14-9-25(10-15-29)8-7-19-34-33-24-31(37-4)17-18-32(33)28-12-11-27-23-30(36-3)16-13-26(27)22-28/h9-10,13-18,23-24,28,34H,5-8,11-12,19-22H2,1-4H3. The predicted octanol–water partition coefficient (Wildman–Crippen LogP) is 6.74. The van der Waals surface area contributed by atoms with Crippen LogP contribution in [0.3, 0.4) is 0 Å². The summed E-state index contributed by atoms with van der Waals surface area (Å²) >= 11 is 0. The molecule has 3 aromatic rings. The van der Waals surface area contributed by atoms with Gasteiger partial charge in [0.2, 0.25) is 0 Å². The molecule has 1 unspecified atom stereocenters. The van der Waals surface area contributed by atoms with Gasteiger partial charge in [-0.25, -0.2) is 0 Å². The van der Waals surface area contributed by atoms with Gasteiger partial charge in [0.05, 0.1) is 14.2 Å². The Morgan fingerprint density at radius 2 is 1.55 bits per heavy atom. The lowest BCUT2D eigenvalue weighted by molar-refractivity contribution is 0.223. The van der Waals surface area contributed by atoms with Gasteiger partial charge in [0.1, 0.15) is 23.9 Å². The Kier molecular flexibility index (Phi) is 10.3. The zero-order chi connectivity index (χ0) is 26.7. The van der Waals surface area contributed by atoms with Crippen molar-refractivity contribution in [2.45, 2.75) is 51.9 Å². The summed E-state index contributed by atoms with van der Waals surface area (Å²) in [6, 6.07) is 21.6. The highest BCUT2D eigenvalue weighted by molar-refractivity contribution is 5.57. The van der Waals surface area contributed by atoms with Crippen molar-refractivity contribution in [3.05, 3.63) is 82.9 Å². The van der Waals surface area contributed by atoms with Gasteiger partial charge < -0.3 is 24.4 Å². The maximum absolute atomic E-state index is 5.93. The van der Waals surface area contributed by atoms with Crippen LogP contribution in [0.25, 0.3) is 0 Å². The largest absolute Gasteiger partial charge is 0.497 e. The molecule has 204 valence electrons. The maximum Gasteiger partial charge on any atom is 0.120 e. The van der Waals surface area contributed by atoms with Crippen molar-refractivity contribution >= 4 is 5.69 Å². The zero-order valence-electron chi connectivity index (χ0n) is 23.6. The molecule has 0 bridgehead atoms. The molecule has 0 amide bonds. The molecule has 1 aliphatic rings. The van der Waals surface area contributed by atoms with Gasteiger partial charge in [-0.2, -0.15) is 0 Å². The van der Waals surface area contributed by atoms with E-state index < -0.39 is 0 Å². The minimum absolute atomic E-state index is 0.499. The molecule has 1 N–H and O–H groups in total. The second-order valence-corrected chi connectivity index (χ2v) is 10.1. The van der Waals surface area contributed by atoms with Crippen molar-refractivity contribution in [2.75, 3.05) is 52.3 Å². The summed E-state index contributed by atoms with van der Waals surface area (Å²) in [5.41, 5.74) is 6.78. The van der Waals surface area contributed by atoms with E-state index in [4.69, 9.17) is 14.2 Å². The van der Waals surface area contributed by atoms with Crippen molar-refractivity contribution < 1.29 is 14.2 Å². The maximum atomic E-state index is 5.93. The van der Waals surface area contributed by atoms with Gasteiger partial charge in [0, 0.05) is 24.8 Å². The molecule has 0 heterocycles. The van der Waals surface area contributed by atoms with Crippen LogP contribution >= 0.6 is 0 Å². The Morgan fingerprint density at radius 1 is 0.842 bits per heavy atom. The molecule has 0 aliphatic heterocycles. The van der Waals surface area contributed by atoms with Crippen molar-refractivity contribution in [2.24, 2.45) is 0 Å². The number of hydrogen-bond acceptors (Lipinski definition) is 5. The first-order valence-corrected chi connectivity index (χ1v) is 14.1. The van der Waals surface area contributed by atoms with Crippen LogP contribution in [-0.4, -0.2) is 51.9 Å². The molecule has 0 aromatic heterocycles. The van der Waals surface area contributed by atoms with Crippen molar-refractivity contribution in [3.63, 3.8) is 0 Å². The van der Waals surface area contributed by atoms with E-state index in [2.05, 4.69) is 84.7 Å². The number of nitrogens with one attached hydrogen (secondary N) is 1. The normalized spacial score (nSPS) is 14.7. The average molecular weight is 517 g/mol. The summed E-state index contributed by atoms with van der Waals surface area (Å²) in [7, 11) is 3.47. The van der Waals surface area contributed by atoms with Gasteiger partial charge in [-0.15, -0.1) is 0 Å². The number of aryl methyl sites for hydroxylation is 2. The predicted molar refractivity (Wildman–Crippen MR) is 157 cm³/mol. The molecule has 5 nitrogen and oxygen atoms in total. The zero-order valence-corrected chi connectivity index (χ0v) is 23.6. The van der Waals surface area contributed by atoms with Crippen LogP contribution in [0.2, 0.25) is 0 Å². The van der Waals surface area contributed by atoms with E-state index in [0.29, 0.717) is 5.92 Å². The lowest BCUT2D eigenvalue weighted by Crippen LogP contribution is -2.27. The second-order valence-electron chi connectivity index (χ2n) is 10.1. The molecule has 0 fully saturated rings. The lowest BCUT2D eigenvalue weighted by Gasteiger charge is -2.27. The summed E-state index contributed by atoms with van der Waals surface area (Å²) in [6.07, 6.45) is 5.38. The van der Waals surface area contributed by atoms with E-state index in [0.717, 1.165) is 82.1 Å². The summed E-state index contributed by atoms with van der Waals surface area (Å²) in [6.45, 7) is 9.12. The molecule has 1 aliphatic carbocycles. The molecule has 1 atom stereocenters. The fourth-order valence-corrected chi connectivity index (χ4v) is 5.40. The number of benzene rings is 3. The Hall–Kier alpha value is -3.18. The molecule has 38 heavy (non-hydrogen) atoms. The lowest BCUT2D eigenvalue weighted by atomic mass is 9.79. The highest BCUT2D eigenvalue weighted by atomic mass is 16.5. The fraction of sp³-hybridized carbons (Fsp3) is 0.455. The third kappa shape index (κ3) is 7.44. The molecule has 3 aromatic carbocycles. The highest BCUT2D eigenvalue weighted by Crippen LogP contribution is 2.38. The van der Waals surface area contributed by atoms with Gasteiger partial charge in [-0.3, -0.25) is 0 Å². The Bertz CT molecular complexity index is 1140. The number of hydrogen-bond donors (Lipinski definition) is 1. The minimum Gasteiger partial charge on any atom is -0.497 e. The topological polar surface area (TPSA) is 43.0 Å². The number of fused-ring (bicyclic) bond motifs is 1. The number of likely N-dealkylation sites (N-methyl/N-ethyl adjacent to an activating group) is 1. The van der Waals surface area contributed by atoms with E-state index in [-0.39, 0.29) is 0 Å². The van der Waals surface area contributed by atoms with E-state index in [1.807, 2.05) is 0 Å². The van der Waals surface area contributed by atoms with Crippen LogP contribution in [0.5, 0.6) is 17.2 Å². The summed E-state index contributed by atoms with van der Waals surface area (Å²) in [4.78, 5) is 2.37. The smallest absolute Gasteiger partial charge is 0.120 e. The van der Waals surface area contributed by atoms with Crippen molar-refractivity contribution in [1.29, 1.82) is 0 Å². The van der Waals surface area contributed by atoms with Crippen LogP contribution in [0.15, 0.2) is 60.7 Å². The van der Waals surface area contributed by atoms with E-state index in [1.165, 1.54) is 27.9 Å². The van der Waals surface area contributed by atoms with Crippen LogP contribution in [0, 0.1) is 0 Å². The van der Waals surface area contributed by atoms with E-state index in [9.17, 15) is 0 Å². The number of rotatable bonds is 14. The summed E-state index contributed by atoms with van der Waals surface area (Å²) in [5, 5.41) is 3.73. The Balaban J connectivity index is 1.30. The van der Waals surface area contributed by atoms with Crippen molar-refractivity contribution in [1.82, 2.24) is 4.90 Å². The molecule has 5 heteroatoms. The molecule has 4 rings (SSSR count). The van der Waals surface area contributed by atoms with Crippen LogP contribution in [0.4, 0.5) is 5.69 Å². The number of ether oxygens (including phenoxy) is 3. The van der Waals surface area contributed by atoms with E-state index in [1.54, 1.807) is 14.2 Å². The quantitative estimate of drug-likeness (QED) is 0.240. The van der Waals surface area contributed by atoms with Gasteiger partial charge in [0.25, 0.3) is 0 Å². The molecule has 0 saturated heterocycles. The minimum atomic E-state index is 0.499. The first-order chi connectivity index (χ1) is 18.6. The highest BCUT2D eigenvalue weighted by Gasteiger charge is 2.23. The second kappa shape index (κ2) is 14.1. The Labute approximate surface area is 229 Å². The van der Waals surface area contributed by atoms with Crippen molar-refractivity contribution in [3.8, 4) is 17.2 Å². The SMILES string of the molecule is CCN(CC)CCOc1ccc(CCCNc2cc(OC)ccc2C2CCc3cc(OC)ccc3C2)cc1. The van der Waals surface area contributed by atoms with Gasteiger partial charge in [-0.1, -0.05) is 38.1 Å². The third-order valence-corrected chi connectivity index (χ3v) is 7.79. The number of nitrogens with zero attached hydrogens (tertiary/aromatic N) is 1. The Morgan fingerprint density at radius 3 is 2.29 bits per heavy atom. The summed E-state index contributed by atoms with van der Waals surface area (Å²) in [5.74, 6) is 3.30. The molecular weight excluding hydrogens is 472 g/mol. The monoisotopic (exact) mass is 516 g/mol. The molecule has 0 radical (unpaired) electrons. The number of anilines is 1.